The lowest BCUT2D eigenvalue weighted by molar-refractivity contribution is 0.204. The van der Waals surface area contributed by atoms with Crippen molar-refractivity contribution in [3.63, 3.8) is 0 Å². The van der Waals surface area contributed by atoms with Crippen LogP contribution in [0.5, 0.6) is 0 Å². The first-order valence-electron chi connectivity index (χ1n) is 8.07. The van der Waals surface area contributed by atoms with Gasteiger partial charge >= 0.3 is 6.03 Å². The van der Waals surface area contributed by atoms with Gasteiger partial charge in [0.25, 0.3) is 0 Å². The molecule has 0 aliphatic carbocycles. The van der Waals surface area contributed by atoms with E-state index in [4.69, 9.17) is 0 Å². The summed E-state index contributed by atoms with van der Waals surface area (Å²) in [7, 11) is 5.65. The fourth-order valence-electron chi connectivity index (χ4n) is 2.74. The number of nitrogens with one attached hydrogen (secondary N) is 1. The van der Waals surface area contributed by atoms with Gasteiger partial charge in [0.05, 0.1) is 6.54 Å². The Morgan fingerprint density at radius 2 is 2.17 bits per heavy atom. The molecule has 2 aromatic rings. The van der Waals surface area contributed by atoms with Gasteiger partial charge in [-0.25, -0.2) is 9.78 Å². The van der Waals surface area contributed by atoms with Crippen LogP contribution in [0.4, 0.5) is 10.6 Å². The van der Waals surface area contributed by atoms with Crippen LogP contribution in [-0.4, -0.2) is 51.8 Å². The number of carbonyl (C=O) groups excluding carboxylic acids is 1. The molecule has 3 rings (SSSR count). The van der Waals surface area contributed by atoms with E-state index in [1.54, 1.807) is 18.1 Å². The average Bonchev–Trinajstić information content (AvgIpc) is 3.18. The van der Waals surface area contributed by atoms with E-state index in [1.807, 2.05) is 31.1 Å². The van der Waals surface area contributed by atoms with E-state index in [2.05, 4.69) is 25.1 Å². The number of nitrogens with zero attached hydrogens (tertiary/aromatic N) is 6. The molecule has 2 aromatic heterocycles. The van der Waals surface area contributed by atoms with E-state index < -0.39 is 0 Å². The van der Waals surface area contributed by atoms with Gasteiger partial charge in [-0.15, -0.1) is 10.2 Å². The number of urea groups is 1. The summed E-state index contributed by atoms with van der Waals surface area (Å²) >= 11 is 0. The summed E-state index contributed by atoms with van der Waals surface area (Å²) in [5, 5.41) is 11.3. The molecule has 0 unspecified atom stereocenters. The van der Waals surface area contributed by atoms with Crippen molar-refractivity contribution in [2.75, 3.05) is 26.0 Å². The second kappa shape index (κ2) is 6.86. The van der Waals surface area contributed by atoms with E-state index in [0.717, 1.165) is 42.4 Å². The maximum absolute atomic E-state index is 12.3. The maximum atomic E-state index is 12.3. The lowest BCUT2D eigenvalue weighted by Crippen LogP contribution is -2.37. The molecule has 128 valence electrons. The average molecular weight is 329 g/mol. The Morgan fingerprint density at radius 1 is 1.33 bits per heavy atom. The third-order valence-corrected chi connectivity index (χ3v) is 4.12. The Balaban J connectivity index is 1.55. The van der Waals surface area contributed by atoms with Gasteiger partial charge in [0.2, 0.25) is 0 Å². The number of aryl methyl sites for hydroxylation is 1. The van der Waals surface area contributed by atoms with Crippen LogP contribution < -0.4 is 10.2 Å². The van der Waals surface area contributed by atoms with Gasteiger partial charge < -0.3 is 19.7 Å². The maximum Gasteiger partial charge on any atom is 0.317 e. The summed E-state index contributed by atoms with van der Waals surface area (Å²) < 4.78 is 2.11. The molecular formula is C16H23N7O. The molecule has 2 amide bonds. The minimum Gasteiger partial charge on any atom is -0.363 e. The SMILES string of the molecule is CN(Cc1nnc2n1CCC2)C(=O)NCc1ccnc(N(C)C)c1. The van der Waals surface area contributed by atoms with E-state index in [-0.39, 0.29) is 6.03 Å². The summed E-state index contributed by atoms with van der Waals surface area (Å²) in [5.41, 5.74) is 1.01. The fraction of sp³-hybridized carbons (Fsp3) is 0.500. The summed E-state index contributed by atoms with van der Waals surface area (Å²) in [6.45, 7) is 1.86. The largest absolute Gasteiger partial charge is 0.363 e. The highest BCUT2D eigenvalue weighted by atomic mass is 16.2. The minimum absolute atomic E-state index is 0.131. The lowest BCUT2D eigenvalue weighted by Gasteiger charge is -2.18. The van der Waals surface area contributed by atoms with Crippen LogP contribution in [0, 0.1) is 0 Å². The van der Waals surface area contributed by atoms with Gasteiger partial charge in [0, 0.05) is 46.9 Å². The molecule has 0 aromatic carbocycles. The zero-order chi connectivity index (χ0) is 17.1. The van der Waals surface area contributed by atoms with Crippen molar-refractivity contribution in [3.8, 4) is 0 Å². The van der Waals surface area contributed by atoms with Crippen molar-refractivity contribution in [2.24, 2.45) is 0 Å². The van der Waals surface area contributed by atoms with Crippen molar-refractivity contribution in [1.29, 1.82) is 0 Å². The molecule has 0 radical (unpaired) electrons. The van der Waals surface area contributed by atoms with E-state index >= 15 is 0 Å². The summed E-state index contributed by atoms with van der Waals surface area (Å²) in [6, 6.07) is 3.73. The quantitative estimate of drug-likeness (QED) is 0.886. The number of pyridine rings is 1. The molecule has 0 atom stereocenters. The molecule has 8 heteroatoms. The highest BCUT2D eigenvalue weighted by Crippen LogP contribution is 2.15. The Labute approximate surface area is 141 Å². The van der Waals surface area contributed by atoms with E-state index in [9.17, 15) is 4.79 Å². The second-order valence-electron chi connectivity index (χ2n) is 6.22. The van der Waals surface area contributed by atoms with Gasteiger partial charge in [0.1, 0.15) is 11.6 Å². The standard InChI is InChI=1S/C16H23N7O/c1-21(2)14-9-12(6-7-17-14)10-18-16(24)22(3)11-15-20-19-13-5-4-8-23(13)15/h6-7,9H,4-5,8,10-11H2,1-3H3,(H,18,24). The number of carbonyl (C=O) groups is 1. The molecule has 24 heavy (non-hydrogen) atoms. The first kappa shape index (κ1) is 16.2. The van der Waals surface area contributed by atoms with Crippen molar-refractivity contribution >= 4 is 11.8 Å². The third-order valence-electron chi connectivity index (χ3n) is 4.12. The molecule has 3 heterocycles. The molecule has 8 nitrogen and oxygen atoms in total. The Hall–Kier alpha value is -2.64. The van der Waals surface area contributed by atoms with Crippen molar-refractivity contribution in [2.45, 2.75) is 32.5 Å². The van der Waals surface area contributed by atoms with Crippen LogP contribution in [0.3, 0.4) is 0 Å². The number of hydrogen-bond acceptors (Lipinski definition) is 5. The number of fused-ring (bicyclic) bond motifs is 1. The van der Waals surface area contributed by atoms with E-state index in [0.29, 0.717) is 13.1 Å². The predicted octanol–water partition coefficient (Wildman–Crippen LogP) is 1.03. The van der Waals surface area contributed by atoms with Crippen LogP contribution in [-0.2, 0) is 26.1 Å². The van der Waals surface area contributed by atoms with Gasteiger partial charge in [-0.3, -0.25) is 0 Å². The molecule has 1 aliphatic rings. The van der Waals surface area contributed by atoms with Crippen LogP contribution in [0.2, 0.25) is 0 Å². The number of anilines is 1. The molecular weight excluding hydrogens is 306 g/mol. The smallest absolute Gasteiger partial charge is 0.317 e. The Bertz CT molecular complexity index is 725. The topological polar surface area (TPSA) is 79.2 Å². The molecule has 0 saturated heterocycles. The van der Waals surface area contributed by atoms with Crippen molar-refractivity contribution in [1.82, 2.24) is 30.0 Å². The zero-order valence-corrected chi connectivity index (χ0v) is 14.4. The van der Waals surface area contributed by atoms with Crippen molar-refractivity contribution in [3.05, 3.63) is 35.5 Å². The number of amides is 2. The monoisotopic (exact) mass is 329 g/mol. The van der Waals surface area contributed by atoms with Gasteiger partial charge in [-0.2, -0.15) is 0 Å². The first-order valence-corrected chi connectivity index (χ1v) is 8.07. The normalized spacial score (nSPS) is 12.8. The number of hydrogen-bond donors (Lipinski definition) is 1. The summed E-state index contributed by atoms with van der Waals surface area (Å²) in [5.74, 6) is 2.74. The molecule has 1 aliphatic heterocycles. The molecule has 0 spiro atoms. The first-order chi connectivity index (χ1) is 11.5. The third kappa shape index (κ3) is 3.47. The van der Waals surface area contributed by atoms with Crippen LogP contribution in [0.15, 0.2) is 18.3 Å². The minimum atomic E-state index is -0.131. The molecule has 1 N–H and O–H groups in total. The summed E-state index contributed by atoms with van der Waals surface area (Å²) in [4.78, 5) is 20.1. The van der Waals surface area contributed by atoms with Gasteiger partial charge in [-0.1, -0.05) is 0 Å². The Morgan fingerprint density at radius 3 is 2.96 bits per heavy atom. The van der Waals surface area contributed by atoms with Crippen molar-refractivity contribution < 1.29 is 4.79 Å². The fourth-order valence-corrected chi connectivity index (χ4v) is 2.74. The molecule has 0 fully saturated rings. The van der Waals surface area contributed by atoms with E-state index in [1.165, 1.54) is 0 Å². The zero-order valence-electron chi connectivity index (χ0n) is 14.4. The highest BCUT2D eigenvalue weighted by Gasteiger charge is 2.19. The number of aromatic nitrogens is 4. The highest BCUT2D eigenvalue weighted by molar-refractivity contribution is 5.73. The number of rotatable bonds is 5. The van der Waals surface area contributed by atoms with Crippen LogP contribution >= 0.6 is 0 Å². The van der Waals surface area contributed by atoms with Crippen LogP contribution in [0.1, 0.15) is 23.6 Å². The second-order valence-corrected chi connectivity index (χ2v) is 6.22. The Kier molecular flexibility index (Phi) is 4.64. The van der Waals surface area contributed by atoms with Crippen LogP contribution in [0.25, 0.3) is 0 Å². The van der Waals surface area contributed by atoms with Gasteiger partial charge in [-0.05, 0) is 24.1 Å². The molecule has 0 saturated carbocycles. The lowest BCUT2D eigenvalue weighted by atomic mass is 10.2. The van der Waals surface area contributed by atoms with Gasteiger partial charge in [0.15, 0.2) is 5.82 Å². The predicted molar refractivity (Wildman–Crippen MR) is 90.6 cm³/mol. The molecule has 0 bridgehead atoms. The summed E-state index contributed by atoms with van der Waals surface area (Å²) in [6.07, 6.45) is 3.82.